The Hall–Kier alpha value is -2.38. The van der Waals surface area contributed by atoms with Gasteiger partial charge in [-0.05, 0) is 32.2 Å². The summed E-state index contributed by atoms with van der Waals surface area (Å²) < 4.78 is 27.7. The number of carbonyl (C=O) groups is 1. The van der Waals surface area contributed by atoms with Crippen molar-refractivity contribution >= 4 is 32.6 Å². The van der Waals surface area contributed by atoms with Crippen LogP contribution >= 0.6 is 11.3 Å². The number of hydrogen-bond acceptors (Lipinski definition) is 4. The summed E-state index contributed by atoms with van der Waals surface area (Å²) in [5.41, 5.74) is 1.17. The summed E-state index contributed by atoms with van der Waals surface area (Å²) in [4.78, 5) is 18.5. The summed E-state index contributed by atoms with van der Waals surface area (Å²) in [5, 5.41) is 3.32. The minimum Gasteiger partial charge on any atom is -0.301 e. The van der Waals surface area contributed by atoms with Crippen LogP contribution in [0, 0.1) is 11.6 Å². The standard InChI is InChI=1S/C18H17F2N3OS/c1-11(23(2)10-12-7-8-13(19)9-14(12)20)17(24)22-18-21-15-5-3-4-6-16(15)25-18/h3-9,11H,10H2,1-2H3,(H,21,22,24). The molecule has 1 amide bonds. The highest BCUT2D eigenvalue weighted by atomic mass is 32.1. The molecular formula is C18H17F2N3OS. The van der Waals surface area contributed by atoms with Crippen molar-refractivity contribution in [3.05, 3.63) is 59.7 Å². The molecule has 0 radical (unpaired) electrons. The van der Waals surface area contributed by atoms with Gasteiger partial charge in [0.05, 0.1) is 16.3 Å². The van der Waals surface area contributed by atoms with Crippen molar-refractivity contribution in [3.8, 4) is 0 Å². The Balaban J connectivity index is 1.66. The van der Waals surface area contributed by atoms with Crippen LogP contribution in [0.5, 0.6) is 0 Å². The van der Waals surface area contributed by atoms with Crippen molar-refractivity contribution in [2.45, 2.75) is 19.5 Å². The fourth-order valence-corrected chi connectivity index (χ4v) is 3.26. The van der Waals surface area contributed by atoms with E-state index in [1.165, 1.54) is 23.5 Å². The quantitative estimate of drug-likeness (QED) is 0.746. The summed E-state index contributed by atoms with van der Waals surface area (Å²) in [7, 11) is 1.71. The Morgan fingerprint density at radius 2 is 2.04 bits per heavy atom. The highest BCUT2D eigenvalue weighted by molar-refractivity contribution is 7.22. The Morgan fingerprint density at radius 3 is 2.76 bits per heavy atom. The maximum absolute atomic E-state index is 13.8. The van der Waals surface area contributed by atoms with Crippen molar-refractivity contribution in [2.24, 2.45) is 0 Å². The number of anilines is 1. The number of hydrogen-bond donors (Lipinski definition) is 1. The van der Waals surface area contributed by atoms with Gasteiger partial charge in [-0.1, -0.05) is 29.5 Å². The van der Waals surface area contributed by atoms with Gasteiger partial charge >= 0.3 is 0 Å². The number of thiazole rings is 1. The first-order valence-corrected chi connectivity index (χ1v) is 8.56. The predicted octanol–water partition coefficient (Wildman–Crippen LogP) is 4.03. The Bertz CT molecular complexity index is 879. The fourth-order valence-electron chi connectivity index (χ4n) is 2.39. The molecule has 0 saturated carbocycles. The molecule has 1 atom stereocenters. The molecule has 2 aromatic carbocycles. The third kappa shape index (κ3) is 4.00. The van der Waals surface area contributed by atoms with E-state index in [9.17, 15) is 13.6 Å². The second-order valence-electron chi connectivity index (χ2n) is 5.80. The van der Waals surface area contributed by atoms with Crippen molar-refractivity contribution in [1.82, 2.24) is 9.88 Å². The summed E-state index contributed by atoms with van der Waals surface area (Å²) >= 11 is 1.40. The van der Waals surface area contributed by atoms with Gasteiger partial charge in [0.15, 0.2) is 5.13 Å². The van der Waals surface area contributed by atoms with E-state index in [0.717, 1.165) is 16.3 Å². The number of carbonyl (C=O) groups excluding carboxylic acids is 1. The van der Waals surface area contributed by atoms with Crippen LogP contribution in [0.15, 0.2) is 42.5 Å². The molecule has 0 aliphatic heterocycles. The number of fused-ring (bicyclic) bond motifs is 1. The fraction of sp³-hybridized carbons (Fsp3) is 0.222. The van der Waals surface area contributed by atoms with Gasteiger partial charge in [-0.25, -0.2) is 13.8 Å². The first kappa shape index (κ1) is 17.4. The third-order valence-electron chi connectivity index (χ3n) is 4.00. The zero-order valence-corrected chi connectivity index (χ0v) is 14.6. The second-order valence-corrected chi connectivity index (χ2v) is 6.83. The number of rotatable bonds is 5. The maximum Gasteiger partial charge on any atom is 0.243 e. The van der Waals surface area contributed by atoms with Crippen molar-refractivity contribution in [3.63, 3.8) is 0 Å². The minimum atomic E-state index is -0.620. The largest absolute Gasteiger partial charge is 0.301 e. The predicted molar refractivity (Wildman–Crippen MR) is 95.5 cm³/mol. The molecule has 130 valence electrons. The van der Waals surface area contributed by atoms with E-state index in [2.05, 4.69) is 10.3 Å². The Morgan fingerprint density at radius 1 is 1.28 bits per heavy atom. The minimum absolute atomic E-state index is 0.195. The summed E-state index contributed by atoms with van der Waals surface area (Å²) in [6.07, 6.45) is 0. The van der Waals surface area contributed by atoms with E-state index >= 15 is 0 Å². The van der Waals surface area contributed by atoms with Crippen LogP contribution in [-0.2, 0) is 11.3 Å². The van der Waals surface area contributed by atoms with Gasteiger partial charge in [0.1, 0.15) is 11.6 Å². The van der Waals surface area contributed by atoms with E-state index in [-0.39, 0.29) is 12.5 Å². The molecule has 0 fully saturated rings. The first-order chi connectivity index (χ1) is 11.9. The van der Waals surface area contributed by atoms with Crippen LogP contribution < -0.4 is 5.32 Å². The van der Waals surface area contributed by atoms with Crippen molar-refractivity contribution in [1.29, 1.82) is 0 Å². The van der Waals surface area contributed by atoms with Gasteiger partial charge < -0.3 is 5.32 Å². The summed E-state index contributed by atoms with van der Waals surface area (Å²) in [6, 6.07) is 10.6. The van der Waals surface area contributed by atoms with E-state index in [0.29, 0.717) is 10.7 Å². The molecule has 4 nitrogen and oxygen atoms in total. The van der Waals surface area contributed by atoms with Crippen LogP contribution in [0.1, 0.15) is 12.5 Å². The molecule has 0 aliphatic rings. The first-order valence-electron chi connectivity index (χ1n) is 7.74. The average Bonchev–Trinajstić information content (AvgIpc) is 2.98. The molecule has 0 bridgehead atoms. The monoisotopic (exact) mass is 361 g/mol. The number of nitrogens with zero attached hydrogens (tertiary/aromatic N) is 2. The Labute approximate surface area is 148 Å². The highest BCUT2D eigenvalue weighted by Gasteiger charge is 2.20. The lowest BCUT2D eigenvalue weighted by molar-refractivity contribution is -0.120. The number of likely N-dealkylation sites (N-methyl/N-ethyl adjacent to an activating group) is 1. The number of para-hydroxylation sites is 1. The zero-order valence-electron chi connectivity index (χ0n) is 13.8. The van der Waals surface area contributed by atoms with Crippen LogP contribution in [-0.4, -0.2) is 28.9 Å². The number of aromatic nitrogens is 1. The molecule has 0 spiro atoms. The van der Waals surface area contributed by atoms with Crippen LogP contribution in [0.25, 0.3) is 10.2 Å². The summed E-state index contributed by atoms with van der Waals surface area (Å²) in [6.45, 7) is 1.92. The maximum atomic E-state index is 13.8. The normalized spacial score (nSPS) is 12.5. The molecule has 0 saturated heterocycles. The van der Waals surface area contributed by atoms with Crippen molar-refractivity contribution < 1.29 is 13.6 Å². The number of amides is 1. The topological polar surface area (TPSA) is 45.2 Å². The number of benzene rings is 2. The molecule has 3 aromatic rings. The van der Waals surface area contributed by atoms with E-state index in [1.807, 2.05) is 24.3 Å². The van der Waals surface area contributed by atoms with E-state index in [1.54, 1.807) is 18.9 Å². The molecule has 3 rings (SSSR count). The lowest BCUT2D eigenvalue weighted by Gasteiger charge is -2.23. The average molecular weight is 361 g/mol. The van der Waals surface area contributed by atoms with Gasteiger partial charge in [-0.3, -0.25) is 9.69 Å². The third-order valence-corrected chi connectivity index (χ3v) is 4.95. The zero-order chi connectivity index (χ0) is 18.0. The van der Waals surface area contributed by atoms with Crippen LogP contribution in [0.2, 0.25) is 0 Å². The van der Waals surface area contributed by atoms with Crippen LogP contribution in [0.3, 0.4) is 0 Å². The van der Waals surface area contributed by atoms with E-state index < -0.39 is 17.7 Å². The molecule has 1 heterocycles. The highest BCUT2D eigenvalue weighted by Crippen LogP contribution is 2.25. The molecule has 0 aliphatic carbocycles. The summed E-state index contributed by atoms with van der Waals surface area (Å²) in [5.74, 6) is -1.47. The van der Waals surface area contributed by atoms with Gasteiger partial charge in [0, 0.05) is 18.2 Å². The number of halogens is 2. The van der Waals surface area contributed by atoms with Gasteiger partial charge in [-0.15, -0.1) is 0 Å². The molecule has 1 N–H and O–H groups in total. The molecule has 1 unspecified atom stereocenters. The smallest absolute Gasteiger partial charge is 0.243 e. The van der Waals surface area contributed by atoms with Crippen LogP contribution in [0.4, 0.5) is 13.9 Å². The molecule has 7 heteroatoms. The molecule has 25 heavy (non-hydrogen) atoms. The van der Waals surface area contributed by atoms with Gasteiger partial charge in [0.25, 0.3) is 0 Å². The number of nitrogens with one attached hydrogen (secondary N) is 1. The van der Waals surface area contributed by atoms with Gasteiger partial charge in [-0.2, -0.15) is 0 Å². The SMILES string of the molecule is CC(C(=O)Nc1nc2ccccc2s1)N(C)Cc1ccc(F)cc1F. The lowest BCUT2D eigenvalue weighted by atomic mass is 10.1. The van der Waals surface area contributed by atoms with Crippen molar-refractivity contribution in [2.75, 3.05) is 12.4 Å². The molecular weight excluding hydrogens is 344 g/mol. The Kier molecular flexibility index (Phi) is 5.06. The molecule has 1 aromatic heterocycles. The van der Waals surface area contributed by atoms with E-state index in [4.69, 9.17) is 0 Å². The second kappa shape index (κ2) is 7.25. The lowest BCUT2D eigenvalue weighted by Crippen LogP contribution is -2.39. The van der Waals surface area contributed by atoms with Gasteiger partial charge in [0.2, 0.25) is 5.91 Å².